The Labute approximate surface area is 118 Å². The fourth-order valence-corrected chi connectivity index (χ4v) is 3.72. The third-order valence-corrected chi connectivity index (χ3v) is 4.56. The smallest absolute Gasteiger partial charge is 0.333 e. The summed E-state index contributed by atoms with van der Waals surface area (Å²) >= 11 is 0. The SMILES string of the molecule is CCOc1cccc(NC2CC3CCC2C3)c1[N+](=O)[O-]. The maximum Gasteiger partial charge on any atom is 0.333 e. The monoisotopic (exact) mass is 276 g/mol. The molecule has 2 bridgehead atoms. The minimum absolute atomic E-state index is 0.0668. The van der Waals surface area contributed by atoms with Gasteiger partial charge in [0.05, 0.1) is 11.5 Å². The van der Waals surface area contributed by atoms with E-state index in [1.54, 1.807) is 12.1 Å². The number of hydrogen-bond donors (Lipinski definition) is 1. The molecule has 0 saturated heterocycles. The Morgan fingerprint density at radius 2 is 2.25 bits per heavy atom. The summed E-state index contributed by atoms with van der Waals surface area (Å²) in [6.45, 7) is 2.26. The highest BCUT2D eigenvalue weighted by Crippen LogP contribution is 2.46. The number of hydrogen-bond acceptors (Lipinski definition) is 4. The molecule has 5 heteroatoms. The molecule has 1 aromatic carbocycles. The number of para-hydroxylation sites is 1. The van der Waals surface area contributed by atoms with Gasteiger partial charge in [-0.05, 0) is 50.2 Å². The van der Waals surface area contributed by atoms with Crippen LogP contribution in [0.5, 0.6) is 5.75 Å². The zero-order chi connectivity index (χ0) is 14.1. The summed E-state index contributed by atoms with van der Waals surface area (Å²) in [5.74, 6) is 1.84. The van der Waals surface area contributed by atoms with Crippen molar-refractivity contribution >= 4 is 11.4 Å². The molecule has 1 N–H and O–H groups in total. The maximum atomic E-state index is 11.3. The first-order valence-corrected chi connectivity index (χ1v) is 7.35. The minimum Gasteiger partial charge on any atom is -0.487 e. The van der Waals surface area contributed by atoms with Crippen molar-refractivity contribution in [1.82, 2.24) is 0 Å². The van der Waals surface area contributed by atoms with Gasteiger partial charge in [0.25, 0.3) is 0 Å². The molecular weight excluding hydrogens is 256 g/mol. The Bertz CT molecular complexity index is 518. The molecule has 0 aromatic heterocycles. The molecule has 2 aliphatic rings. The van der Waals surface area contributed by atoms with Gasteiger partial charge in [-0.3, -0.25) is 10.1 Å². The molecule has 5 nitrogen and oxygen atoms in total. The predicted molar refractivity (Wildman–Crippen MR) is 77.1 cm³/mol. The molecule has 3 atom stereocenters. The van der Waals surface area contributed by atoms with E-state index in [2.05, 4.69) is 5.32 Å². The van der Waals surface area contributed by atoms with E-state index in [-0.39, 0.29) is 10.6 Å². The number of anilines is 1. The summed E-state index contributed by atoms with van der Waals surface area (Å²) in [7, 11) is 0. The van der Waals surface area contributed by atoms with Gasteiger partial charge in [-0.1, -0.05) is 12.5 Å². The number of ether oxygens (including phenoxy) is 1. The van der Waals surface area contributed by atoms with Gasteiger partial charge in [0, 0.05) is 6.04 Å². The van der Waals surface area contributed by atoms with Crippen LogP contribution in [-0.2, 0) is 0 Å². The molecule has 0 aliphatic heterocycles. The van der Waals surface area contributed by atoms with Crippen LogP contribution in [-0.4, -0.2) is 17.6 Å². The molecule has 20 heavy (non-hydrogen) atoms. The fraction of sp³-hybridized carbons (Fsp3) is 0.600. The van der Waals surface area contributed by atoms with Gasteiger partial charge in [-0.25, -0.2) is 0 Å². The first kappa shape index (κ1) is 13.2. The van der Waals surface area contributed by atoms with Gasteiger partial charge in [0.2, 0.25) is 0 Å². The molecular formula is C15H20N2O3. The molecule has 0 amide bonds. The maximum absolute atomic E-state index is 11.3. The lowest BCUT2D eigenvalue weighted by Gasteiger charge is -2.24. The molecule has 1 aromatic rings. The van der Waals surface area contributed by atoms with Crippen molar-refractivity contribution in [2.45, 2.75) is 38.6 Å². The largest absolute Gasteiger partial charge is 0.487 e. The van der Waals surface area contributed by atoms with Crippen molar-refractivity contribution in [3.8, 4) is 5.75 Å². The van der Waals surface area contributed by atoms with Gasteiger partial charge in [-0.2, -0.15) is 0 Å². The van der Waals surface area contributed by atoms with Crippen LogP contribution in [0.2, 0.25) is 0 Å². The quantitative estimate of drug-likeness (QED) is 0.659. The molecule has 108 valence electrons. The van der Waals surface area contributed by atoms with Crippen molar-refractivity contribution < 1.29 is 9.66 Å². The topological polar surface area (TPSA) is 64.4 Å². The number of rotatable bonds is 5. The number of nitrogens with one attached hydrogen (secondary N) is 1. The number of benzene rings is 1. The average Bonchev–Trinajstić information content (AvgIpc) is 3.01. The highest BCUT2D eigenvalue weighted by atomic mass is 16.6. The lowest BCUT2D eigenvalue weighted by molar-refractivity contribution is -0.385. The van der Waals surface area contributed by atoms with Gasteiger partial charge in [0.1, 0.15) is 5.69 Å². The normalized spacial score (nSPS) is 27.6. The highest BCUT2D eigenvalue weighted by Gasteiger charge is 2.40. The summed E-state index contributed by atoms with van der Waals surface area (Å²) < 4.78 is 5.38. The summed E-state index contributed by atoms with van der Waals surface area (Å²) in [6, 6.07) is 5.64. The third kappa shape index (κ3) is 2.32. The standard InChI is InChI=1S/C15H20N2O3/c1-2-20-14-5-3-4-12(15(14)17(18)19)16-13-9-10-6-7-11(13)8-10/h3-5,10-11,13,16H,2,6-9H2,1H3. The molecule has 0 heterocycles. The zero-order valence-corrected chi connectivity index (χ0v) is 11.7. The minimum atomic E-state index is -0.347. The van der Waals surface area contributed by atoms with E-state index in [1.807, 2.05) is 13.0 Å². The molecule has 2 aliphatic carbocycles. The van der Waals surface area contributed by atoms with Crippen LogP contribution in [0, 0.1) is 22.0 Å². The number of nitro groups is 1. The number of nitrogens with zero attached hydrogens (tertiary/aromatic N) is 1. The Morgan fingerprint density at radius 3 is 2.85 bits per heavy atom. The summed E-state index contributed by atoms with van der Waals surface area (Å²) in [6.07, 6.45) is 4.99. The summed E-state index contributed by atoms with van der Waals surface area (Å²) in [4.78, 5) is 11.0. The Kier molecular flexibility index (Phi) is 3.51. The van der Waals surface area contributed by atoms with E-state index >= 15 is 0 Å². The Hall–Kier alpha value is -1.78. The van der Waals surface area contributed by atoms with E-state index in [0.717, 1.165) is 12.3 Å². The first-order valence-electron chi connectivity index (χ1n) is 7.35. The predicted octanol–water partition coefficient (Wildman–Crippen LogP) is 3.59. The average molecular weight is 276 g/mol. The lowest BCUT2D eigenvalue weighted by Crippen LogP contribution is -2.26. The molecule has 0 radical (unpaired) electrons. The van der Waals surface area contributed by atoms with E-state index < -0.39 is 0 Å². The third-order valence-electron chi connectivity index (χ3n) is 4.56. The van der Waals surface area contributed by atoms with Gasteiger partial charge in [0.15, 0.2) is 5.75 Å². The fourth-order valence-electron chi connectivity index (χ4n) is 3.72. The van der Waals surface area contributed by atoms with E-state index in [0.29, 0.717) is 30.0 Å². The van der Waals surface area contributed by atoms with Crippen LogP contribution in [0.4, 0.5) is 11.4 Å². The molecule has 3 unspecified atom stereocenters. The second-order valence-electron chi connectivity index (χ2n) is 5.77. The zero-order valence-electron chi connectivity index (χ0n) is 11.7. The van der Waals surface area contributed by atoms with Crippen molar-refractivity contribution in [2.75, 3.05) is 11.9 Å². The van der Waals surface area contributed by atoms with Crippen molar-refractivity contribution in [3.63, 3.8) is 0 Å². The second-order valence-corrected chi connectivity index (χ2v) is 5.77. The highest BCUT2D eigenvalue weighted by molar-refractivity contribution is 5.68. The number of nitro benzene ring substituents is 1. The molecule has 2 saturated carbocycles. The van der Waals surface area contributed by atoms with Crippen LogP contribution < -0.4 is 10.1 Å². The number of fused-ring (bicyclic) bond motifs is 2. The van der Waals surface area contributed by atoms with E-state index in [1.165, 1.54) is 19.3 Å². The van der Waals surface area contributed by atoms with Crippen LogP contribution >= 0.6 is 0 Å². The summed E-state index contributed by atoms with van der Waals surface area (Å²) in [5.41, 5.74) is 0.663. The Morgan fingerprint density at radius 1 is 1.40 bits per heavy atom. The van der Waals surface area contributed by atoms with Gasteiger partial charge >= 0.3 is 5.69 Å². The van der Waals surface area contributed by atoms with Crippen LogP contribution in [0.15, 0.2) is 18.2 Å². The molecule has 3 rings (SSSR count). The first-order chi connectivity index (χ1) is 9.69. The van der Waals surface area contributed by atoms with E-state index in [9.17, 15) is 10.1 Å². The van der Waals surface area contributed by atoms with Crippen molar-refractivity contribution in [2.24, 2.45) is 11.8 Å². The van der Waals surface area contributed by atoms with Crippen LogP contribution in [0.3, 0.4) is 0 Å². The van der Waals surface area contributed by atoms with Gasteiger partial charge in [-0.15, -0.1) is 0 Å². The molecule has 0 spiro atoms. The molecule has 2 fully saturated rings. The lowest BCUT2D eigenvalue weighted by atomic mass is 9.95. The van der Waals surface area contributed by atoms with Crippen molar-refractivity contribution in [3.05, 3.63) is 28.3 Å². The van der Waals surface area contributed by atoms with E-state index in [4.69, 9.17) is 4.74 Å². The Balaban J connectivity index is 1.85. The van der Waals surface area contributed by atoms with Crippen molar-refractivity contribution in [1.29, 1.82) is 0 Å². The van der Waals surface area contributed by atoms with Crippen LogP contribution in [0.25, 0.3) is 0 Å². The van der Waals surface area contributed by atoms with Gasteiger partial charge < -0.3 is 10.1 Å². The van der Waals surface area contributed by atoms with Crippen LogP contribution in [0.1, 0.15) is 32.6 Å². The second kappa shape index (κ2) is 5.31. The summed E-state index contributed by atoms with van der Waals surface area (Å²) in [5, 5.41) is 14.7.